The summed E-state index contributed by atoms with van der Waals surface area (Å²) in [6, 6.07) is 22.9. The van der Waals surface area contributed by atoms with Crippen molar-refractivity contribution in [2.75, 3.05) is 7.11 Å². The maximum absolute atomic E-state index is 13.5. The van der Waals surface area contributed by atoms with Gasteiger partial charge in [0.25, 0.3) is 5.56 Å². The minimum Gasteiger partial charge on any atom is -0.497 e. The van der Waals surface area contributed by atoms with Crippen molar-refractivity contribution in [3.05, 3.63) is 100 Å². The van der Waals surface area contributed by atoms with E-state index in [0.717, 1.165) is 17.0 Å². The predicted molar refractivity (Wildman–Crippen MR) is 135 cm³/mol. The van der Waals surface area contributed by atoms with Crippen LogP contribution in [0, 0.1) is 13.8 Å². The standard InChI is InChI=1S/C27H23N3O3S/c1-17-11-13-19(14-12-17)25-28-24(18(2)33-25)16-34-27-29-23-10-5-4-9-22(23)26(31)30(27)20-7-6-8-21(15-20)32-3/h4-15H,16H2,1-3H3. The number of thioether (sulfide) groups is 1. The molecule has 0 saturated heterocycles. The Morgan fingerprint density at radius 1 is 0.971 bits per heavy atom. The van der Waals surface area contributed by atoms with Gasteiger partial charge in [0, 0.05) is 17.4 Å². The fraction of sp³-hybridized carbons (Fsp3) is 0.148. The van der Waals surface area contributed by atoms with Crippen LogP contribution in [0.5, 0.6) is 5.75 Å². The van der Waals surface area contributed by atoms with Crippen molar-refractivity contribution in [2.24, 2.45) is 0 Å². The van der Waals surface area contributed by atoms with Crippen LogP contribution in [0.3, 0.4) is 0 Å². The topological polar surface area (TPSA) is 70.2 Å². The highest BCUT2D eigenvalue weighted by molar-refractivity contribution is 7.98. The van der Waals surface area contributed by atoms with Gasteiger partial charge in [-0.3, -0.25) is 9.36 Å². The molecule has 6 nitrogen and oxygen atoms in total. The molecule has 0 spiro atoms. The minimum atomic E-state index is -0.126. The van der Waals surface area contributed by atoms with E-state index in [4.69, 9.17) is 19.1 Å². The zero-order valence-corrected chi connectivity index (χ0v) is 19.9. The van der Waals surface area contributed by atoms with Crippen molar-refractivity contribution in [2.45, 2.75) is 24.8 Å². The summed E-state index contributed by atoms with van der Waals surface area (Å²) in [6.07, 6.45) is 0. The molecule has 0 bridgehead atoms. The van der Waals surface area contributed by atoms with Gasteiger partial charge < -0.3 is 9.15 Å². The van der Waals surface area contributed by atoms with Crippen LogP contribution in [-0.2, 0) is 5.75 Å². The molecule has 0 N–H and O–H groups in total. The number of para-hydroxylation sites is 1. The first-order valence-electron chi connectivity index (χ1n) is 10.9. The molecular formula is C27H23N3O3S. The summed E-state index contributed by atoms with van der Waals surface area (Å²) in [6.45, 7) is 3.95. The third kappa shape index (κ3) is 4.22. The summed E-state index contributed by atoms with van der Waals surface area (Å²) in [5, 5.41) is 1.14. The Hall–Kier alpha value is -3.84. The van der Waals surface area contributed by atoms with Crippen molar-refractivity contribution in [3.63, 3.8) is 0 Å². The van der Waals surface area contributed by atoms with Crippen molar-refractivity contribution >= 4 is 22.7 Å². The van der Waals surface area contributed by atoms with E-state index in [9.17, 15) is 4.79 Å². The lowest BCUT2D eigenvalue weighted by molar-refractivity contribution is 0.414. The molecule has 0 unspecified atom stereocenters. The summed E-state index contributed by atoms with van der Waals surface area (Å²) >= 11 is 1.45. The highest BCUT2D eigenvalue weighted by atomic mass is 32.2. The summed E-state index contributed by atoms with van der Waals surface area (Å²) in [5.74, 6) is 2.52. The number of rotatable bonds is 6. The quantitative estimate of drug-likeness (QED) is 0.226. The second-order valence-corrected chi connectivity index (χ2v) is 8.87. The van der Waals surface area contributed by atoms with Crippen LogP contribution in [0.15, 0.2) is 87.2 Å². The second kappa shape index (κ2) is 9.19. The Balaban J connectivity index is 1.54. The molecule has 34 heavy (non-hydrogen) atoms. The number of benzene rings is 3. The van der Waals surface area contributed by atoms with Gasteiger partial charge in [0.15, 0.2) is 5.16 Å². The SMILES string of the molecule is COc1cccc(-n2c(SCc3nc(-c4ccc(C)cc4)oc3C)nc3ccccc3c2=O)c1. The molecule has 0 amide bonds. The Labute approximate surface area is 201 Å². The van der Waals surface area contributed by atoms with E-state index in [-0.39, 0.29) is 5.56 Å². The third-order valence-electron chi connectivity index (χ3n) is 5.59. The molecule has 2 heterocycles. The normalized spacial score (nSPS) is 11.1. The number of hydrogen-bond acceptors (Lipinski definition) is 6. The Morgan fingerprint density at radius 2 is 1.76 bits per heavy atom. The molecule has 2 aromatic heterocycles. The predicted octanol–water partition coefficient (Wildman–Crippen LogP) is 5.96. The first-order valence-corrected chi connectivity index (χ1v) is 11.8. The number of ether oxygens (including phenoxy) is 1. The van der Waals surface area contributed by atoms with Gasteiger partial charge in [0.2, 0.25) is 5.89 Å². The van der Waals surface area contributed by atoms with Crippen LogP contribution in [0.2, 0.25) is 0 Å². The molecular weight excluding hydrogens is 446 g/mol. The fourth-order valence-corrected chi connectivity index (χ4v) is 4.71. The van der Waals surface area contributed by atoms with Gasteiger partial charge in [0.1, 0.15) is 11.5 Å². The van der Waals surface area contributed by atoms with Gasteiger partial charge in [-0.25, -0.2) is 9.97 Å². The molecule has 0 radical (unpaired) electrons. The molecule has 0 aliphatic carbocycles. The molecule has 0 atom stereocenters. The van der Waals surface area contributed by atoms with Gasteiger partial charge in [-0.15, -0.1) is 0 Å². The van der Waals surface area contributed by atoms with Crippen LogP contribution in [0.25, 0.3) is 28.0 Å². The average molecular weight is 470 g/mol. The largest absolute Gasteiger partial charge is 0.497 e. The summed E-state index contributed by atoms with van der Waals surface area (Å²) < 4.78 is 12.9. The number of aryl methyl sites for hydroxylation is 2. The summed E-state index contributed by atoms with van der Waals surface area (Å²) in [4.78, 5) is 23.0. The van der Waals surface area contributed by atoms with Gasteiger partial charge in [-0.2, -0.15) is 0 Å². The van der Waals surface area contributed by atoms with Crippen molar-refractivity contribution in [3.8, 4) is 22.9 Å². The van der Waals surface area contributed by atoms with Crippen molar-refractivity contribution in [1.29, 1.82) is 0 Å². The maximum Gasteiger partial charge on any atom is 0.266 e. The highest BCUT2D eigenvalue weighted by Crippen LogP contribution is 2.29. The monoisotopic (exact) mass is 469 g/mol. The number of nitrogens with zero attached hydrogens (tertiary/aromatic N) is 3. The second-order valence-electron chi connectivity index (χ2n) is 7.93. The van der Waals surface area contributed by atoms with E-state index in [1.165, 1.54) is 17.3 Å². The number of methoxy groups -OCH3 is 1. The van der Waals surface area contributed by atoms with Gasteiger partial charge in [-0.05, 0) is 50.2 Å². The van der Waals surface area contributed by atoms with Gasteiger partial charge >= 0.3 is 0 Å². The van der Waals surface area contributed by atoms with E-state index in [2.05, 4.69) is 0 Å². The van der Waals surface area contributed by atoms with E-state index < -0.39 is 0 Å². The molecule has 170 valence electrons. The van der Waals surface area contributed by atoms with Crippen molar-refractivity contribution in [1.82, 2.24) is 14.5 Å². The highest BCUT2D eigenvalue weighted by Gasteiger charge is 2.17. The number of hydrogen-bond donors (Lipinski definition) is 0. The molecule has 0 fully saturated rings. The van der Waals surface area contributed by atoms with Crippen LogP contribution in [-0.4, -0.2) is 21.6 Å². The number of fused-ring (bicyclic) bond motifs is 1. The third-order valence-corrected chi connectivity index (χ3v) is 6.54. The molecule has 3 aromatic carbocycles. The zero-order valence-electron chi connectivity index (χ0n) is 19.1. The van der Waals surface area contributed by atoms with E-state index >= 15 is 0 Å². The average Bonchev–Trinajstić information content (AvgIpc) is 3.23. The lowest BCUT2D eigenvalue weighted by atomic mass is 10.1. The van der Waals surface area contributed by atoms with E-state index in [1.807, 2.05) is 80.6 Å². The molecule has 5 rings (SSSR count). The summed E-state index contributed by atoms with van der Waals surface area (Å²) in [7, 11) is 1.61. The molecule has 7 heteroatoms. The van der Waals surface area contributed by atoms with Gasteiger partial charge in [-0.1, -0.05) is 47.7 Å². The fourth-order valence-electron chi connectivity index (χ4n) is 3.70. The van der Waals surface area contributed by atoms with E-state index in [0.29, 0.717) is 39.1 Å². The Kier molecular flexibility index (Phi) is 5.94. The summed E-state index contributed by atoms with van der Waals surface area (Å²) in [5.41, 5.74) is 4.16. The molecule has 0 aliphatic rings. The molecule has 0 aliphatic heterocycles. The number of aromatic nitrogens is 3. The van der Waals surface area contributed by atoms with E-state index in [1.54, 1.807) is 17.7 Å². The van der Waals surface area contributed by atoms with Gasteiger partial charge in [0.05, 0.1) is 29.4 Å². The first-order chi connectivity index (χ1) is 16.5. The zero-order chi connectivity index (χ0) is 23.7. The maximum atomic E-state index is 13.5. The Bertz CT molecular complexity index is 1540. The van der Waals surface area contributed by atoms with Crippen LogP contribution >= 0.6 is 11.8 Å². The lowest BCUT2D eigenvalue weighted by Crippen LogP contribution is -2.21. The van der Waals surface area contributed by atoms with Crippen molar-refractivity contribution < 1.29 is 9.15 Å². The first kappa shape index (κ1) is 22.0. The lowest BCUT2D eigenvalue weighted by Gasteiger charge is -2.13. The smallest absolute Gasteiger partial charge is 0.266 e. The molecule has 0 saturated carbocycles. The molecule has 5 aromatic rings. The van der Waals surface area contributed by atoms with Crippen LogP contribution < -0.4 is 10.3 Å². The number of oxazole rings is 1. The minimum absolute atomic E-state index is 0.126. The van der Waals surface area contributed by atoms with Crippen LogP contribution in [0.4, 0.5) is 0 Å². The van der Waals surface area contributed by atoms with Crippen LogP contribution in [0.1, 0.15) is 17.0 Å². The Morgan fingerprint density at radius 3 is 2.56 bits per heavy atom.